The van der Waals surface area contributed by atoms with E-state index in [9.17, 15) is 9.18 Å². The zero-order valence-electron chi connectivity index (χ0n) is 15.2. The van der Waals surface area contributed by atoms with Crippen molar-refractivity contribution in [1.82, 2.24) is 14.9 Å². The third-order valence-electron chi connectivity index (χ3n) is 4.70. The van der Waals surface area contributed by atoms with Crippen molar-refractivity contribution >= 4 is 17.4 Å². The highest BCUT2D eigenvalue weighted by atomic mass is 19.1. The maximum atomic E-state index is 13.9. The number of aromatic nitrogens is 2. The number of hydrogen-bond acceptors (Lipinski definition) is 5. The molecule has 1 aliphatic heterocycles. The van der Waals surface area contributed by atoms with Crippen LogP contribution in [-0.4, -0.2) is 60.0 Å². The Balaban J connectivity index is 1.62. The van der Waals surface area contributed by atoms with Crippen molar-refractivity contribution in [2.75, 3.05) is 49.1 Å². The van der Waals surface area contributed by atoms with E-state index in [0.717, 1.165) is 18.9 Å². The van der Waals surface area contributed by atoms with E-state index in [1.807, 2.05) is 11.0 Å². The lowest BCUT2D eigenvalue weighted by Gasteiger charge is -2.36. The zero-order chi connectivity index (χ0) is 18.5. The van der Waals surface area contributed by atoms with E-state index in [2.05, 4.69) is 28.7 Å². The first-order chi connectivity index (χ1) is 12.6. The summed E-state index contributed by atoms with van der Waals surface area (Å²) >= 11 is 0. The molecule has 0 saturated carbocycles. The summed E-state index contributed by atoms with van der Waals surface area (Å²) in [5.74, 6) is 0.415. The number of hydrogen-bond donors (Lipinski definition) is 0. The van der Waals surface area contributed by atoms with Crippen molar-refractivity contribution in [1.29, 1.82) is 0 Å². The Morgan fingerprint density at radius 2 is 1.77 bits per heavy atom. The summed E-state index contributed by atoms with van der Waals surface area (Å²) in [6, 6.07) is 6.73. The summed E-state index contributed by atoms with van der Waals surface area (Å²) in [5.41, 5.74) is 0.934. The zero-order valence-corrected chi connectivity index (χ0v) is 15.2. The van der Waals surface area contributed by atoms with Gasteiger partial charge < -0.3 is 14.7 Å². The molecule has 138 valence electrons. The van der Waals surface area contributed by atoms with Crippen molar-refractivity contribution < 1.29 is 9.18 Å². The van der Waals surface area contributed by atoms with Gasteiger partial charge in [0.1, 0.15) is 17.3 Å². The maximum Gasteiger partial charge on any atom is 0.274 e. The van der Waals surface area contributed by atoms with E-state index in [1.165, 1.54) is 6.07 Å². The fourth-order valence-corrected chi connectivity index (χ4v) is 3.16. The number of anilines is 2. The molecule has 0 N–H and O–H groups in total. The Labute approximate surface area is 153 Å². The Bertz CT molecular complexity index is 740. The number of carbonyl (C=O) groups is 1. The normalized spacial score (nSPS) is 14.4. The Kier molecular flexibility index (Phi) is 5.65. The molecule has 1 fully saturated rings. The maximum absolute atomic E-state index is 13.9. The molecule has 3 rings (SSSR count). The molecule has 0 spiro atoms. The Morgan fingerprint density at radius 3 is 2.35 bits per heavy atom. The van der Waals surface area contributed by atoms with Gasteiger partial charge in [0.25, 0.3) is 5.91 Å². The van der Waals surface area contributed by atoms with Crippen molar-refractivity contribution in [2.45, 2.75) is 13.8 Å². The monoisotopic (exact) mass is 357 g/mol. The lowest BCUT2D eigenvalue weighted by molar-refractivity contribution is 0.0740. The van der Waals surface area contributed by atoms with Crippen LogP contribution < -0.4 is 9.80 Å². The number of rotatable bonds is 5. The van der Waals surface area contributed by atoms with Crippen molar-refractivity contribution in [3.63, 3.8) is 0 Å². The van der Waals surface area contributed by atoms with Crippen LogP contribution in [0.3, 0.4) is 0 Å². The smallest absolute Gasteiger partial charge is 0.274 e. The highest BCUT2D eigenvalue weighted by Crippen LogP contribution is 2.20. The predicted octanol–water partition coefficient (Wildman–Crippen LogP) is 2.42. The summed E-state index contributed by atoms with van der Waals surface area (Å²) < 4.78 is 13.9. The molecule has 1 aromatic carbocycles. The molecule has 1 aliphatic rings. The number of halogens is 1. The van der Waals surface area contributed by atoms with Crippen molar-refractivity contribution in [3.8, 4) is 0 Å². The fourth-order valence-electron chi connectivity index (χ4n) is 3.16. The van der Waals surface area contributed by atoms with E-state index >= 15 is 0 Å². The highest BCUT2D eigenvalue weighted by Gasteiger charge is 2.24. The minimum absolute atomic E-state index is 0.128. The van der Waals surface area contributed by atoms with Gasteiger partial charge >= 0.3 is 0 Å². The number of nitrogens with zero attached hydrogens (tertiary/aromatic N) is 5. The van der Waals surface area contributed by atoms with Gasteiger partial charge in [-0.2, -0.15) is 0 Å². The van der Waals surface area contributed by atoms with Gasteiger partial charge in [-0.15, -0.1) is 0 Å². The molecule has 26 heavy (non-hydrogen) atoms. The lowest BCUT2D eigenvalue weighted by Crippen LogP contribution is -2.49. The largest absolute Gasteiger partial charge is 0.366 e. The molecule has 0 atom stereocenters. The molecule has 0 bridgehead atoms. The van der Waals surface area contributed by atoms with Crippen LogP contribution >= 0.6 is 0 Å². The summed E-state index contributed by atoms with van der Waals surface area (Å²) in [6.07, 6.45) is 3.19. The van der Waals surface area contributed by atoms with Gasteiger partial charge in [-0.05, 0) is 26.0 Å². The van der Waals surface area contributed by atoms with Gasteiger partial charge in [0.2, 0.25) is 0 Å². The van der Waals surface area contributed by atoms with Crippen LogP contribution in [0, 0.1) is 5.82 Å². The molecule has 7 heteroatoms. The third-order valence-corrected chi connectivity index (χ3v) is 4.70. The first-order valence-corrected chi connectivity index (χ1v) is 8.99. The fraction of sp³-hybridized carbons (Fsp3) is 0.421. The van der Waals surface area contributed by atoms with Crippen LogP contribution in [0.15, 0.2) is 36.7 Å². The summed E-state index contributed by atoms with van der Waals surface area (Å²) in [4.78, 5) is 27.1. The van der Waals surface area contributed by atoms with E-state index < -0.39 is 0 Å². The van der Waals surface area contributed by atoms with Crippen LogP contribution in [0.4, 0.5) is 15.9 Å². The number of para-hydroxylation sites is 1. The number of piperazine rings is 1. The molecule has 0 radical (unpaired) electrons. The quantitative estimate of drug-likeness (QED) is 0.823. The SMILES string of the molecule is CCN(CC)c1cnc(C(=O)N2CCN(c3ccccc3F)CC2)cn1. The third kappa shape index (κ3) is 3.76. The van der Waals surface area contributed by atoms with Gasteiger partial charge in [0.15, 0.2) is 0 Å². The van der Waals surface area contributed by atoms with Crippen LogP contribution in [-0.2, 0) is 0 Å². The van der Waals surface area contributed by atoms with Crippen LogP contribution in [0.25, 0.3) is 0 Å². The summed E-state index contributed by atoms with van der Waals surface area (Å²) in [7, 11) is 0. The van der Waals surface area contributed by atoms with Gasteiger partial charge in [0.05, 0.1) is 18.1 Å². The Morgan fingerprint density at radius 1 is 1.08 bits per heavy atom. The second-order valence-electron chi connectivity index (χ2n) is 6.16. The standard InChI is InChI=1S/C19H24FN5O/c1-3-23(4-2)18-14-21-16(13-22-18)19(26)25-11-9-24(10-12-25)17-8-6-5-7-15(17)20/h5-8,13-14H,3-4,9-12H2,1-2H3. The van der Waals surface area contributed by atoms with Crippen LogP contribution in [0.5, 0.6) is 0 Å². The summed E-state index contributed by atoms with van der Waals surface area (Å²) in [5, 5.41) is 0. The van der Waals surface area contributed by atoms with Crippen LogP contribution in [0.1, 0.15) is 24.3 Å². The summed E-state index contributed by atoms with van der Waals surface area (Å²) in [6.45, 7) is 8.06. The van der Waals surface area contributed by atoms with E-state index in [-0.39, 0.29) is 11.7 Å². The van der Waals surface area contributed by atoms with Gasteiger partial charge in [0, 0.05) is 39.3 Å². The molecular weight excluding hydrogens is 333 g/mol. The van der Waals surface area contributed by atoms with E-state index in [0.29, 0.717) is 37.6 Å². The number of benzene rings is 1. The van der Waals surface area contributed by atoms with Gasteiger partial charge in [-0.1, -0.05) is 12.1 Å². The van der Waals surface area contributed by atoms with E-state index in [1.54, 1.807) is 29.4 Å². The number of carbonyl (C=O) groups excluding carboxylic acids is 1. The molecule has 1 saturated heterocycles. The average Bonchev–Trinajstić information content (AvgIpc) is 2.69. The predicted molar refractivity (Wildman–Crippen MR) is 100 cm³/mol. The Hall–Kier alpha value is -2.70. The topological polar surface area (TPSA) is 52.6 Å². The lowest BCUT2D eigenvalue weighted by atomic mass is 10.2. The highest BCUT2D eigenvalue weighted by molar-refractivity contribution is 5.92. The number of amides is 1. The molecule has 1 amide bonds. The van der Waals surface area contributed by atoms with Crippen molar-refractivity contribution in [3.05, 3.63) is 48.2 Å². The molecule has 1 aromatic heterocycles. The second-order valence-corrected chi connectivity index (χ2v) is 6.16. The molecule has 0 aliphatic carbocycles. The van der Waals surface area contributed by atoms with Gasteiger partial charge in [-0.3, -0.25) is 4.79 Å². The average molecular weight is 357 g/mol. The molecule has 2 aromatic rings. The molecule has 6 nitrogen and oxygen atoms in total. The second kappa shape index (κ2) is 8.12. The molecule has 2 heterocycles. The van der Waals surface area contributed by atoms with E-state index in [4.69, 9.17) is 0 Å². The first kappa shape index (κ1) is 18.1. The first-order valence-electron chi connectivity index (χ1n) is 8.99. The molecular formula is C19H24FN5O. The van der Waals surface area contributed by atoms with Crippen molar-refractivity contribution in [2.24, 2.45) is 0 Å². The van der Waals surface area contributed by atoms with Gasteiger partial charge in [-0.25, -0.2) is 14.4 Å². The minimum Gasteiger partial charge on any atom is -0.366 e. The minimum atomic E-state index is -0.231. The molecule has 0 unspecified atom stereocenters. The van der Waals surface area contributed by atoms with Crippen LogP contribution in [0.2, 0.25) is 0 Å².